The Bertz CT molecular complexity index is 1470. The number of nitrogen functional groups attached to an aromatic ring is 1. The van der Waals surface area contributed by atoms with Gasteiger partial charge in [0.15, 0.2) is 11.5 Å². The maximum Gasteiger partial charge on any atom is 0.293 e. The molecule has 37 heavy (non-hydrogen) atoms. The summed E-state index contributed by atoms with van der Waals surface area (Å²) in [7, 11) is 1.55. The van der Waals surface area contributed by atoms with Gasteiger partial charge in [0.25, 0.3) is 5.56 Å². The van der Waals surface area contributed by atoms with Gasteiger partial charge < -0.3 is 25.5 Å². The maximum absolute atomic E-state index is 13.6. The van der Waals surface area contributed by atoms with Gasteiger partial charge in [-0.2, -0.15) is 0 Å². The summed E-state index contributed by atoms with van der Waals surface area (Å²) in [6.45, 7) is 4.18. The van der Waals surface area contributed by atoms with E-state index in [1.165, 1.54) is 0 Å². The Balaban J connectivity index is 1.63. The lowest BCUT2D eigenvalue weighted by Gasteiger charge is -2.29. The summed E-state index contributed by atoms with van der Waals surface area (Å²) in [5.74, 6) is 0.573. The van der Waals surface area contributed by atoms with E-state index >= 15 is 0 Å². The molecule has 3 N–H and O–H groups in total. The van der Waals surface area contributed by atoms with Crippen molar-refractivity contribution in [3.8, 4) is 22.5 Å². The second-order valence-corrected chi connectivity index (χ2v) is 9.35. The van der Waals surface area contributed by atoms with Gasteiger partial charge in [-0.15, -0.1) is 4.73 Å². The number of benzene rings is 2. The molecule has 4 aromatic rings. The number of ether oxygens (including phenoxy) is 1. The number of nitrogens with one attached hydrogen (secondary N) is 1. The first kappa shape index (κ1) is 25.3. The van der Waals surface area contributed by atoms with E-state index in [4.69, 9.17) is 38.5 Å². The van der Waals surface area contributed by atoms with E-state index in [1.54, 1.807) is 31.4 Å². The Labute approximate surface area is 223 Å². The second-order valence-electron chi connectivity index (χ2n) is 8.53. The summed E-state index contributed by atoms with van der Waals surface area (Å²) in [6, 6.07) is 14.6. The van der Waals surface area contributed by atoms with Crippen LogP contribution in [0.15, 0.2) is 53.3 Å². The van der Waals surface area contributed by atoms with Crippen molar-refractivity contribution >= 4 is 45.7 Å². The lowest BCUT2D eigenvalue weighted by atomic mass is 10.1. The lowest BCUT2D eigenvalue weighted by molar-refractivity contribution is 0.0584. The van der Waals surface area contributed by atoms with E-state index in [0.29, 0.717) is 26.8 Å². The van der Waals surface area contributed by atoms with Crippen LogP contribution in [-0.4, -0.2) is 61.2 Å². The average molecular weight is 541 g/mol. The molecule has 1 saturated heterocycles. The quantitative estimate of drug-likeness (QED) is 0.343. The number of aromatic nitrogens is 3. The van der Waals surface area contributed by atoms with Gasteiger partial charge in [-0.05, 0) is 42.5 Å². The van der Waals surface area contributed by atoms with Crippen LogP contribution in [0.5, 0.6) is 0 Å². The Morgan fingerprint density at radius 1 is 1.03 bits per heavy atom. The Morgan fingerprint density at radius 2 is 1.73 bits per heavy atom. The molecule has 0 radical (unpaired) electrons. The van der Waals surface area contributed by atoms with Gasteiger partial charge in [-0.3, -0.25) is 4.79 Å². The van der Waals surface area contributed by atoms with Crippen LogP contribution in [0.2, 0.25) is 10.0 Å². The number of nitrogens with two attached hydrogens (primary N) is 1. The Kier molecular flexibility index (Phi) is 7.48. The Morgan fingerprint density at radius 3 is 2.41 bits per heavy atom. The number of nitrogens with zero attached hydrogens (tertiary/aromatic N) is 4. The van der Waals surface area contributed by atoms with Gasteiger partial charge >= 0.3 is 0 Å². The number of rotatable bonds is 7. The van der Waals surface area contributed by atoms with Crippen molar-refractivity contribution in [1.82, 2.24) is 20.0 Å². The average Bonchev–Trinajstić information content (AvgIpc) is 2.91. The summed E-state index contributed by atoms with van der Waals surface area (Å²) in [4.78, 5) is 31.0. The zero-order valence-corrected chi connectivity index (χ0v) is 21.7. The predicted octanol–water partition coefficient (Wildman–Crippen LogP) is 3.50. The van der Waals surface area contributed by atoms with Gasteiger partial charge in [0.1, 0.15) is 12.4 Å². The molecule has 11 heteroatoms. The molecule has 0 unspecified atom stereocenters. The highest BCUT2D eigenvalue weighted by Crippen LogP contribution is 2.35. The number of hydrogen-bond donors (Lipinski definition) is 2. The van der Waals surface area contributed by atoms with Crippen LogP contribution in [0.1, 0.15) is 0 Å². The molecule has 1 fully saturated rings. The summed E-state index contributed by atoms with van der Waals surface area (Å²) in [6.07, 6.45) is 0. The smallest absolute Gasteiger partial charge is 0.293 e. The fraction of sp³-hybridized carbons (Fsp3) is 0.269. The van der Waals surface area contributed by atoms with E-state index in [0.717, 1.165) is 42.2 Å². The zero-order chi connectivity index (χ0) is 25.9. The van der Waals surface area contributed by atoms with Crippen LogP contribution >= 0.6 is 23.2 Å². The van der Waals surface area contributed by atoms with Crippen molar-refractivity contribution in [3.05, 3.63) is 68.9 Å². The van der Waals surface area contributed by atoms with Crippen molar-refractivity contribution in [1.29, 1.82) is 0 Å². The van der Waals surface area contributed by atoms with Crippen LogP contribution in [0.3, 0.4) is 0 Å². The fourth-order valence-corrected chi connectivity index (χ4v) is 4.92. The highest BCUT2D eigenvalue weighted by molar-refractivity contribution is 6.39. The van der Waals surface area contributed by atoms with Crippen LogP contribution in [0, 0.1) is 0 Å². The van der Waals surface area contributed by atoms with Crippen molar-refractivity contribution < 1.29 is 9.57 Å². The molecule has 9 nitrogen and oxygen atoms in total. The minimum atomic E-state index is -0.475. The molecule has 0 saturated carbocycles. The number of piperazine rings is 1. The van der Waals surface area contributed by atoms with E-state index in [2.05, 4.69) is 20.2 Å². The fourth-order valence-electron chi connectivity index (χ4n) is 4.32. The molecule has 3 heterocycles. The number of hydrogen-bond acceptors (Lipinski definition) is 8. The number of pyridine rings is 1. The second kappa shape index (κ2) is 10.9. The molecule has 0 aliphatic carbocycles. The largest absolute Gasteiger partial charge is 0.406 e. The molecule has 1 aliphatic heterocycles. The summed E-state index contributed by atoms with van der Waals surface area (Å²) in [5.41, 5.74) is 8.67. The summed E-state index contributed by atoms with van der Waals surface area (Å²) < 4.78 is 6.21. The van der Waals surface area contributed by atoms with E-state index in [-0.39, 0.29) is 30.2 Å². The normalized spacial score (nSPS) is 13.8. The number of halogens is 2. The first-order chi connectivity index (χ1) is 18.0. The van der Waals surface area contributed by atoms with Gasteiger partial charge in [0.2, 0.25) is 0 Å². The van der Waals surface area contributed by atoms with Crippen molar-refractivity contribution in [3.63, 3.8) is 0 Å². The monoisotopic (exact) mass is 540 g/mol. The standard InChI is InChI=1S/C26H26Cl2N6O3/c1-36-13-14-37-34-25-19(15-18(26(34)35)22-20(27)3-2-4-21(22)28)23(29)31-24(32-25)16-5-7-17(8-6-16)33-11-9-30-10-12-33/h2-8,15,30H,9-14H2,1H3,(H2,29,31,32). The first-order valence-electron chi connectivity index (χ1n) is 11.8. The number of methoxy groups -OCH3 is 1. The molecule has 2 aromatic heterocycles. The zero-order valence-electron chi connectivity index (χ0n) is 20.2. The third kappa shape index (κ3) is 5.08. The van der Waals surface area contributed by atoms with E-state index in [1.807, 2.05) is 24.3 Å². The van der Waals surface area contributed by atoms with Crippen molar-refractivity contribution in [2.24, 2.45) is 0 Å². The molecule has 0 spiro atoms. The summed E-state index contributed by atoms with van der Waals surface area (Å²) in [5, 5.41) is 4.44. The molecule has 0 amide bonds. The SMILES string of the molecule is COCCOn1c(=O)c(-c2c(Cl)cccc2Cl)cc2c(N)nc(-c3ccc(N4CCNCC4)cc3)nc21. The molecular weight excluding hydrogens is 515 g/mol. The van der Waals surface area contributed by atoms with Crippen LogP contribution < -0.4 is 26.3 Å². The topological polar surface area (TPSA) is 108 Å². The third-order valence-corrected chi connectivity index (χ3v) is 6.83. The molecule has 192 valence electrons. The molecule has 0 bridgehead atoms. The molecule has 0 atom stereocenters. The number of fused-ring (bicyclic) bond motifs is 1. The summed E-state index contributed by atoms with van der Waals surface area (Å²) >= 11 is 12.8. The van der Waals surface area contributed by atoms with Crippen LogP contribution in [0.4, 0.5) is 11.5 Å². The highest BCUT2D eigenvalue weighted by atomic mass is 35.5. The van der Waals surface area contributed by atoms with Gasteiger partial charge in [0, 0.05) is 50.1 Å². The van der Waals surface area contributed by atoms with Crippen LogP contribution in [-0.2, 0) is 4.74 Å². The molecular formula is C26H26Cl2N6O3. The van der Waals surface area contributed by atoms with Gasteiger partial charge in [-0.1, -0.05) is 29.3 Å². The predicted molar refractivity (Wildman–Crippen MR) is 148 cm³/mol. The molecule has 5 rings (SSSR count). The van der Waals surface area contributed by atoms with E-state index in [9.17, 15) is 4.79 Å². The van der Waals surface area contributed by atoms with Crippen molar-refractivity contribution in [2.45, 2.75) is 0 Å². The molecule has 2 aromatic carbocycles. The molecule has 1 aliphatic rings. The van der Waals surface area contributed by atoms with Gasteiger partial charge in [0.05, 0.1) is 27.6 Å². The van der Waals surface area contributed by atoms with Crippen LogP contribution in [0.25, 0.3) is 33.5 Å². The van der Waals surface area contributed by atoms with E-state index < -0.39 is 5.56 Å². The minimum Gasteiger partial charge on any atom is -0.406 e. The minimum absolute atomic E-state index is 0.115. The first-order valence-corrected chi connectivity index (χ1v) is 12.6. The highest BCUT2D eigenvalue weighted by Gasteiger charge is 2.21. The Hall–Kier alpha value is -3.37. The number of anilines is 2. The lowest BCUT2D eigenvalue weighted by Crippen LogP contribution is -2.43. The van der Waals surface area contributed by atoms with Crippen molar-refractivity contribution in [2.75, 3.05) is 57.1 Å². The maximum atomic E-state index is 13.6. The van der Waals surface area contributed by atoms with Gasteiger partial charge in [-0.25, -0.2) is 9.97 Å². The third-order valence-electron chi connectivity index (χ3n) is 6.20.